The molecule has 0 aliphatic rings. The number of hydrogen-bond donors (Lipinski definition) is 1. The first-order chi connectivity index (χ1) is 6.85. The second-order valence-corrected chi connectivity index (χ2v) is 3.53. The first-order valence-electron chi connectivity index (χ1n) is 4.40. The van der Waals surface area contributed by atoms with Gasteiger partial charge < -0.3 is 10.1 Å². The fourth-order valence-corrected chi connectivity index (χ4v) is 0.757. The number of carbonyl (C=O) groups is 1. The summed E-state index contributed by atoms with van der Waals surface area (Å²) < 4.78 is 38.9. The van der Waals surface area contributed by atoms with Crippen LogP contribution in [0.25, 0.3) is 0 Å². The van der Waals surface area contributed by atoms with Crippen molar-refractivity contribution in [2.75, 3.05) is 19.8 Å². The molecule has 0 aromatic rings. The highest BCUT2D eigenvalue weighted by Gasteiger charge is 2.27. The molecule has 1 amide bonds. The first-order valence-corrected chi connectivity index (χ1v) is 4.84. The molecule has 0 saturated heterocycles. The lowest BCUT2D eigenvalue weighted by atomic mass is 10.3. The topological polar surface area (TPSA) is 38.3 Å². The molecule has 0 aromatic heterocycles. The molecular formula is C8H13ClF3NO2. The number of carbonyl (C=O) groups excluding carboxylic acids is 1. The average molecular weight is 248 g/mol. The Kier molecular flexibility index (Phi) is 6.67. The van der Waals surface area contributed by atoms with Gasteiger partial charge >= 0.3 is 6.18 Å². The molecule has 0 saturated carbocycles. The van der Waals surface area contributed by atoms with Crippen molar-refractivity contribution in [1.29, 1.82) is 0 Å². The van der Waals surface area contributed by atoms with Crippen molar-refractivity contribution in [2.45, 2.75) is 24.9 Å². The molecule has 0 aliphatic heterocycles. The van der Waals surface area contributed by atoms with Gasteiger partial charge in [-0.25, -0.2) is 0 Å². The van der Waals surface area contributed by atoms with Gasteiger partial charge in [0.2, 0.25) is 5.91 Å². The molecule has 0 heterocycles. The Hall–Kier alpha value is -0.490. The Morgan fingerprint density at radius 1 is 1.53 bits per heavy atom. The molecule has 0 bridgehead atoms. The lowest BCUT2D eigenvalue weighted by Crippen LogP contribution is -2.33. The summed E-state index contributed by atoms with van der Waals surface area (Å²) in [7, 11) is 0. The van der Waals surface area contributed by atoms with Crippen molar-refractivity contribution in [2.24, 2.45) is 0 Å². The molecule has 1 N–H and O–H groups in total. The van der Waals surface area contributed by atoms with Crippen LogP contribution in [-0.4, -0.2) is 37.2 Å². The van der Waals surface area contributed by atoms with E-state index in [4.69, 9.17) is 11.6 Å². The third kappa shape index (κ3) is 9.81. The fraction of sp³-hybridized carbons (Fsp3) is 0.875. The summed E-state index contributed by atoms with van der Waals surface area (Å²) in [4.78, 5) is 10.9. The SMILES string of the molecule is CCC(Cl)CNC(=O)COCC(F)(F)F. The molecular weight excluding hydrogens is 235 g/mol. The van der Waals surface area contributed by atoms with E-state index >= 15 is 0 Å². The van der Waals surface area contributed by atoms with Crippen LogP contribution >= 0.6 is 11.6 Å². The van der Waals surface area contributed by atoms with Crippen LogP contribution in [0.3, 0.4) is 0 Å². The molecule has 0 fully saturated rings. The lowest BCUT2D eigenvalue weighted by Gasteiger charge is -2.10. The smallest absolute Gasteiger partial charge is 0.362 e. The lowest BCUT2D eigenvalue weighted by molar-refractivity contribution is -0.175. The normalized spacial score (nSPS) is 13.7. The zero-order valence-electron chi connectivity index (χ0n) is 8.23. The maximum Gasteiger partial charge on any atom is 0.411 e. The summed E-state index contributed by atoms with van der Waals surface area (Å²) in [5.74, 6) is -0.599. The maximum absolute atomic E-state index is 11.6. The van der Waals surface area contributed by atoms with Gasteiger partial charge in [0.05, 0.1) is 5.38 Å². The van der Waals surface area contributed by atoms with Crippen molar-refractivity contribution in [3.63, 3.8) is 0 Å². The van der Waals surface area contributed by atoms with Gasteiger partial charge in [0.1, 0.15) is 13.2 Å². The van der Waals surface area contributed by atoms with Crippen molar-refractivity contribution >= 4 is 17.5 Å². The Bertz CT molecular complexity index is 199. The predicted octanol–water partition coefficient (Wildman–Crippen LogP) is 1.70. The number of amides is 1. The van der Waals surface area contributed by atoms with Crippen LogP contribution in [0.5, 0.6) is 0 Å². The third-order valence-electron chi connectivity index (χ3n) is 1.46. The summed E-state index contributed by atoms with van der Waals surface area (Å²) in [5, 5.41) is 2.14. The van der Waals surface area contributed by atoms with E-state index in [2.05, 4.69) is 10.1 Å². The maximum atomic E-state index is 11.6. The molecule has 0 spiro atoms. The van der Waals surface area contributed by atoms with Gasteiger partial charge in [0.15, 0.2) is 0 Å². The van der Waals surface area contributed by atoms with Crippen LogP contribution in [0.4, 0.5) is 13.2 Å². The van der Waals surface area contributed by atoms with E-state index in [0.717, 1.165) is 0 Å². The zero-order valence-corrected chi connectivity index (χ0v) is 8.99. The van der Waals surface area contributed by atoms with E-state index in [-0.39, 0.29) is 11.9 Å². The van der Waals surface area contributed by atoms with Crippen molar-refractivity contribution < 1.29 is 22.7 Å². The number of hydrogen-bond acceptors (Lipinski definition) is 2. The highest BCUT2D eigenvalue weighted by Crippen LogP contribution is 2.13. The second kappa shape index (κ2) is 6.90. The van der Waals surface area contributed by atoms with Gasteiger partial charge in [0, 0.05) is 6.54 Å². The van der Waals surface area contributed by atoms with Gasteiger partial charge in [-0.05, 0) is 6.42 Å². The highest BCUT2D eigenvalue weighted by atomic mass is 35.5. The molecule has 1 unspecified atom stereocenters. The van der Waals surface area contributed by atoms with Crippen LogP contribution in [0, 0.1) is 0 Å². The molecule has 7 heteroatoms. The zero-order chi connectivity index (χ0) is 11.9. The number of nitrogens with one attached hydrogen (secondary N) is 1. The van der Waals surface area contributed by atoms with Crippen molar-refractivity contribution in [3.8, 4) is 0 Å². The Balaban J connectivity index is 3.50. The standard InChI is InChI=1S/C8H13ClF3NO2/c1-2-6(9)3-13-7(14)4-15-5-8(10,11)12/h6H,2-5H2,1H3,(H,13,14). The van der Waals surface area contributed by atoms with Crippen molar-refractivity contribution in [3.05, 3.63) is 0 Å². The fourth-order valence-electron chi connectivity index (χ4n) is 0.679. The van der Waals surface area contributed by atoms with E-state index in [1.165, 1.54) is 0 Å². The number of ether oxygens (including phenoxy) is 1. The van der Waals surface area contributed by atoms with Gasteiger partial charge in [0.25, 0.3) is 0 Å². The van der Waals surface area contributed by atoms with Crippen LogP contribution < -0.4 is 5.32 Å². The van der Waals surface area contributed by atoms with E-state index in [9.17, 15) is 18.0 Å². The summed E-state index contributed by atoms with van der Waals surface area (Å²) in [6, 6.07) is 0. The average Bonchev–Trinajstić information content (AvgIpc) is 2.12. The number of halogens is 4. The predicted molar refractivity (Wildman–Crippen MR) is 49.8 cm³/mol. The quantitative estimate of drug-likeness (QED) is 0.726. The van der Waals surface area contributed by atoms with Gasteiger partial charge in [-0.2, -0.15) is 13.2 Å². The molecule has 90 valence electrons. The molecule has 15 heavy (non-hydrogen) atoms. The van der Waals surface area contributed by atoms with Crippen LogP contribution in [-0.2, 0) is 9.53 Å². The minimum atomic E-state index is -4.40. The second-order valence-electron chi connectivity index (χ2n) is 2.92. The van der Waals surface area contributed by atoms with Gasteiger partial charge in [-0.3, -0.25) is 4.79 Å². The van der Waals surface area contributed by atoms with E-state index < -0.39 is 25.3 Å². The molecule has 0 aromatic carbocycles. The van der Waals surface area contributed by atoms with Gasteiger partial charge in [-0.1, -0.05) is 6.92 Å². The van der Waals surface area contributed by atoms with Gasteiger partial charge in [-0.15, -0.1) is 11.6 Å². The summed E-state index contributed by atoms with van der Waals surface area (Å²) >= 11 is 5.68. The monoisotopic (exact) mass is 247 g/mol. The molecule has 3 nitrogen and oxygen atoms in total. The molecule has 0 radical (unpaired) electrons. The van der Waals surface area contributed by atoms with Crippen molar-refractivity contribution in [1.82, 2.24) is 5.32 Å². The summed E-state index contributed by atoms with van der Waals surface area (Å²) in [6.07, 6.45) is -3.73. The van der Waals surface area contributed by atoms with Crippen LogP contribution in [0.1, 0.15) is 13.3 Å². The van der Waals surface area contributed by atoms with Crippen LogP contribution in [0.2, 0.25) is 0 Å². The Morgan fingerprint density at radius 3 is 2.60 bits per heavy atom. The molecule has 0 aliphatic carbocycles. The number of rotatable bonds is 6. The first kappa shape index (κ1) is 14.5. The largest absolute Gasteiger partial charge is 0.411 e. The number of alkyl halides is 4. The van der Waals surface area contributed by atoms with E-state index in [0.29, 0.717) is 6.42 Å². The summed E-state index contributed by atoms with van der Waals surface area (Å²) in [6.45, 7) is 0.0432. The van der Waals surface area contributed by atoms with Crippen LogP contribution in [0.15, 0.2) is 0 Å². The van der Waals surface area contributed by atoms with E-state index in [1.54, 1.807) is 0 Å². The Morgan fingerprint density at radius 2 is 2.13 bits per heavy atom. The summed E-state index contributed by atoms with van der Waals surface area (Å²) in [5.41, 5.74) is 0. The molecule has 0 rings (SSSR count). The highest BCUT2D eigenvalue weighted by molar-refractivity contribution is 6.20. The minimum absolute atomic E-state index is 0.212. The van der Waals surface area contributed by atoms with E-state index in [1.807, 2.05) is 6.92 Å². The minimum Gasteiger partial charge on any atom is -0.362 e. The molecule has 1 atom stereocenters. The Labute approximate surface area is 90.9 Å². The third-order valence-corrected chi connectivity index (χ3v) is 1.93.